The van der Waals surface area contributed by atoms with Gasteiger partial charge in [0.15, 0.2) is 18.0 Å². The Hall–Kier alpha value is -4.07. The Balaban J connectivity index is 2.55. The van der Waals surface area contributed by atoms with E-state index in [4.69, 9.17) is 28.4 Å². The van der Waals surface area contributed by atoms with E-state index >= 15 is 0 Å². The van der Waals surface area contributed by atoms with Crippen molar-refractivity contribution in [2.75, 3.05) is 6.61 Å². The summed E-state index contributed by atoms with van der Waals surface area (Å²) < 4.78 is 32.0. The van der Waals surface area contributed by atoms with Crippen molar-refractivity contribution in [2.45, 2.75) is 58.4 Å². The van der Waals surface area contributed by atoms with Crippen LogP contribution in [-0.2, 0) is 42.9 Å². The summed E-state index contributed by atoms with van der Waals surface area (Å²) in [6.45, 7) is 3.76. The molecule has 0 radical (unpaired) electrons. The summed E-state index contributed by atoms with van der Waals surface area (Å²) in [5, 5.41) is 11.5. The summed E-state index contributed by atoms with van der Waals surface area (Å²) in [5.41, 5.74) is -0.618. The molecule has 2 rings (SSSR count). The lowest BCUT2D eigenvalue weighted by Gasteiger charge is -2.43. The molecule has 1 fully saturated rings. The molecule has 35 heavy (non-hydrogen) atoms. The third kappa shape index (κ3) is 7.46. The van der Waals surface area contributed by atoms with Crippen LogP contribution in [0, 0.1) is 10.1 Å². The third-order valence-electron chi connectivity index (χ3n) is 4.51. The molecule has 0 N–H and O–H groups in total. The van der Waals surface area contributed by atoms with Crippen molar-refractivity contribution in [3.63, 3.8) is 0 Å². The number of rotatable bonds is 9. The molecule has 0 amide bonds. The molecular weight excluding hydrogens is 474 g/mol. The molecule has 1 saturated heterocycles. The molecule has 2 unspecified atom stereocenters. The van der Waals surface area contributed by atoms with Crippen LogP contribution in [0.5, 0.6) is 5.75 Å². The maximum absolute atomic E-state index is 11.8. The van der Waals surface area contributed by atoms with Crippen molar-refractivity contribution < 1.29 is 57.3 Å². The van der Waals surface area contributed by atoms with Crippen LogP contribution in [-0.4, -0.2) is 72.4 Å². The van der Waals surface area contributed by atoms with Gasteiger partial charge in [0.25, 0.3) is 0 Å². The summed E-state index contributed by atoms with van der Waals surface area (Å²) in [5.74, 6) is -3.61. The van der Waals surface area contributed by atoms with Crippen LogP contribution < -0.4 is 4.74 Å². The molecule has 14 heteroatoms. The van der Waals surface area contributed by atoms with Crippen LogP contribution in [0.25, 0.3) is 0 Å². The zero-order valence-corrected chi connectivity index (χ0v) is 19.2. The monoisotopic (exact) mass is 497 g/mol. The average Bonchev–Trinajstić information content (AvgIpc) is 2.75. The number of ether oxygens (including phenoxy) is 6. The second-order valence-electron chi connectivity index (χ2n) is 7.29. The number of carbonyl (C=O) groups excluding carboxylic acids is 5. The Bertz CT molecular complexity index is 1010. The standard InChI is InChI=1S/C21H23NO13/c1-10(24)30-9-17-18(31-11(2)25)19(32-12(3)26)20(33-13(4)27)21(35-17)34-16-6-5-14(8-23)7-15(16)22(28)29/h5-8,17-21H,9H2,1-4H3/t17?,18-,19?,20-,21+/m0/s1. The Kier molecular flexibility index (Phi) is 9.22. The van der Waals surface area contributed by atoms with Gasteiger partial charge in [0.05, 0.1) is 4.92 Å². The highest BCUT2D eigenvalue weighted by Gasteiger charge is 2.53. The van der Waals surface area contributed by atoms with Gasteiger partial charge in [-0.25, -0.2) is 0 Å². The van der Waals surface area contributed by atoms with E-state index in [-0.39, 0.29) is 11.3 Å². The quantitative estimate of drug-likeness (QED) is 0.154. The predicted molar refractivity (Wildman–Crippen MR) is 111 cm³/mol. The molecular formula is C21H23NO13. The number of nitrogens with zero attached hydrogens (tertiary/aromatic N) is 1. The van der Waals surface area contributed by atoms with Gasteiger partial charge in [0.2, 0.25) is 12.4 Å². The molecule has 0 aromatic heterocycles. The highest BCUT2D eigenvalue weighted by Crippen LogP contribution is 2.34. The molecule has 1 aromatic rings. The van der Waals surface area contributed by atoms with Crippen LogP contribution in [0.2, 0.25) is 0 Å². The SMILES string of the molecule is CC(=O)OCC1O[C@@H](Oc2ccc(C=O)cc2[N+](=O)[O-])[C@@H](OC(C)=O)C(OC(C)=O)[C@H]1OC(C)=O. The zero-order valence-electron chi connectivity index (χ0n) is 19.2. The fourth-order valence-corrected chi connectivity index (χ4v) is 3.26. The number of aldehydes is 1. The van der Waals surface area contributed by atoms with Crippen molar-refractivity contribution in [1.29, 1.82) is 0 Å². The van der Waals surface area contributed by atoms with E-state index in [2.05, 4.69) is 0 Å². The number of carbonyl (C=O) groups is 5. The molecule has 1 heterocycles. The topological polar surface area (TPSA) is 184 Å². The van der Waals surface area contributed by atoms with Crippen molar-refractivity contribution in [3.05, 3.63) is 33.9 Å². The average molecular weight is 497 g/mol. The first kappa shape index (κ1) is 27.2. The first-order valence-corrected chi connectivity index (χ1v) is 10.1. The number of nitro groups is 1. The molecule has 0 spiro atoms. The highest BCUT2D eigenvalue weighted by atomic mass is 16.7. The van der Waals surface area contributed by atoms with Gasteiger partial charge < -0.3 is 28.4 Å². The van der Waals surface area contributed by atoms with Gasteiger partial charge in [-0.15, -0.1) is 0 Å². The van der Waals surface area contributed by atoms with E-state index in [0.717, 1.165) is 39.8 Å². The highest BCUT2D eigenvalue weighted by molar-refractivity contribution is 5.77. The summed E-state index contributed by atoms with van der Waals surface area (Å²) >= 11 is 0. The van der Waals surface area contributed by atoms with Crippen molar-refractivity contribution in [1.82, 2.24) is 0 Å². The lowest BCUT2D eigenvalue weighted by Crippen LogP contribution is -2.63. The molecule has 14 nitrogen and oxygen atoms in total. The number of benzene rings is 1. The van der Waals surface area contributed by atoms with Gasteiger partial charge in [-0.05, 0) is 12.1 Å². The Morgan fingerprint density at radius 3 is 2.03 bits per heavy atom. The maximum Gasteiger partial charge on any atom is 0.311 e. The third-order valence-corrected chi connectivity index (χ3v) is 4.51. The summed E-state index contributed by atoms with van der Waals surface area (Å²) in [6, 6.07) is 3.31. The predicted octanol–water partition coefficient (Wildman–Crippen LogP) is 0.869. The van der Waals surface area contributed by atoms with Crippen LogP contribution in [0.3, 0.4) is 0 Å². The van der Waals surface area contributed by atoms with E-state index in [1.165, 1.54) is 6.07 Å². The number of nitro benzene ring substituents is 1. The van der Waals surface area contributed by atoms with Gasteiger partial charge >= 0.3 is 29.6 Å². The molecule has 190 valence electrons. The van der Waals surface area contributed by atoms with E-state index in [0.29, 0.717) is 6.29 Å². The van der Waals surface area contributed by atoms with Gasteiger partial charge in [-0.3, -0.25) is 34.1 Å². The summed E-state index contributed by atoms with van der Waals surface area (Å²) in [6.07, 6.45) is -7.04. The fraction of sp³-hybridized carbons (Fsp3) is 0.476. The molecule has 1 aliphatic rings. The van der Waals surface area contributed by atoms with E-state index in [1.807, 2.05) is 0 Å². The number of esters is 4. The zero-order chi connectivity index (χ0) is 26.3. The maximum atomic E-state index is 11.8. The van der Waals surface area contributed by atoms with Crippen LogP contribution >= 0.6 is 0 Å². The molecule has 5 atom stereocenters. The summed E-state index contributed by atoms with van der Waals surface area (Å²) in [7, 11) is 0. The van der Waals surface area contributed by atoms with Gasteiger partial charge in [-0.1, -0.05) is 0 Å². The smallest absolute Gasteiger partial charge is 0.311 e. The minimum atomic E-state index is -1.66. The second-order valence-corrected chi connectivity index (χ2v) is 7.29. The number of hydrogen-bond donors (Lipinski definition) is 0. The fourth-order valence-electron chi connectivity index (χ4n) is 3.26. The summed E-state index contributed by atoms with van der Waals surface area (Å²) in [4.78, 5) is 68.5. The largest absolute Gasteiger partial charge is 0.463 e. The van der Waals surface area contributed by atoms with Crippen molar-refractivity contribution in [2.24, 2.45) is 0 Å². The minimum absolute atomic E-state index is 0.00871. The Morgan fingerprint density at radius 1 is 0.943 bits per heavy atom. The number of hydrogen-bond acceptors (Lipinski definition) is 13. The minimum Gasteiger partial charge on any atom is -0.463 e. The normalized spacial score (nSPS) is 23.4. The molecule has 0 bridgehead atoms. The van der Waals surface area contributed by atoms with Gasteiger partial charge in [0.1, 0.15) is 19.0 Å². The molecule has 1 aliphatic heterocycles. The first-order valence-electron chi connectivity index (χ1n) is 10.1. The van der Waals surface area contributed by atoms with Crippen molar-refractivity contribution >= 4 is 35.9 Å². The second kappa shape index (κ2) is 11.9. The van der Waals surface area contributed by atoms with Crippen LogP contribution in [0.1, 0.15) is 38.1 Å². The molecule has 1 aromatic carbocycles. The van der Waals surface area contributed by atoms with Gasteiger partial charge in [-0.2, -0.15) is 0 Å². The molecule has 0 aliphatic carbocycles. The lowest BCUT2D eigenvalue weighted by atomic mass is 9.98. The van der Waals surface area contributed by atoms with Gasteiger partial charge in [0, 0.05) is 39.3 Å². The van der Waals surface area contributed by atoms with E-state index < -0.39 is 71.8 Å². The van der Waals surface area contributed by atoms with Crippen molar-refractivity contribution in [3.8, 4) is 5.75 Å². The Morgan fingerprint density at radius 2 is 1.51 bits per heavy atom. The molecule has 0 saturated carbocycles. The Labute approximate surface area is 198 Å². The first-order chi connectivity index (χ1) is 16.4. The van der Waals surface area contributed by atoms with E-state index in [9.17, 15) is 34.1 Å². The lowest BCUT2D eigenvalue weighted by molar-refractivity contribution is -0.387. The van der Waals surface area contributed by atoms with Crippen LogP contribution in [0.4, 0.5) is 5.69 Å². The van der Waals surface area contributed by atoms with Crippen LogP contribution in [0.15, 0.2) is 18.2 Å². The van der Waals surface area contributed by atoms with E-state index in [1.54, 1.807) is 0 Å².